The van der Waals surface area contributed by atoms with E-state index in [1.54, 1.807) is 0 Å². The molecule has 0 heterocycles. The molecule has 1 unspecified atom stereocenters. The van der Waals surface area contributed by atoms with E-state index in [0.717, 1.165) is 12.2 Å². The van der Waals surface area contributed by atoms with Gasteiger partial charge in [-0.15, -0.1) is 6.58 Å². The summed E-state index contributed by atoms with van der Waals surface area (Å²) in [5, 5.41) is 0. The highest BCUT2D eigenvalue weighted by molar-refractivity contribution is 5.83. The summed E-state index contributed by atoms with van der Waals surface area (Å²) in [6.45, 7) is 10.8. The maximum absolute atomic E-state index is 12.1. The molecule has 0 aromatic carbocycles. The van der Waals surface area contributed by atoms with E-state index in [1.165, 1.54) is 25.7 Å². The average Bonchev–Trinajstić information content (AvgIpc) is 2.75. The molecule has 1 fully saturated rings. The molecule has 0 aliphatic heterocycles. The lowest BCUT2D eigenvalue weighted by Crippen LogP contribution is -2.27. The van der Waals surface area contributed by atoms with Gasteiger partial charge in [0.2, 0.25) is 0 Å². The van der Waals surface area contributed by atoms with Gasteiger partial charge in [-0.05, 0) is 31.6 Å². The predicted molar refractivity (Wildman–Crippen MR) is 75.6 cm³/mol. The minimum absolute atomic E-state index is 0.242. The van der Waals surface area contributed by atoms with Gasteiger partial charge in [-0.25, -0.2) is 0 Å². The second-order valence-electron chi connectivity index (χ2n) is 6.20. The molecule has 0 spiro atoms. The van der Waals surface area contributed by atoms with Gasteiger partial charge in [-0.2, -0.15) is 0 Å². The minimum atomic E-state index is -0.259. The molecule has 0 bridgehead atoms. The molecule has 0 saturated heterocycles. The van der Waals surface area contributed by atoms with Crippen molar-refractivity contribution in [1.29, 1.82) is 0 Å². The fourth-order valence-corrected chi connectivity index (χ4v) is 2.55. The van der Waals surface area contributed by atoms with Crippen LogP contribution in [0.1, 0.15) is 59.3 Å². The zero-order chi connectivity index (χ0) is 13.5. The SMILES string of the molecule is C=C(C)CC(OCC1CCCC1)C(=O)CC(C)C. The van der Waals surface area contributed by atoms with Gasteiger partial charge in [0.25, 0.3) is 0 Å². The Bertz CT molecular complexity index is 275. The van der Waals surface area contributed by atoms with Crippen LogP contribution >= 0.6 is 0 Å². The molecule has 0 amide bonds. The normalized spacial score (nSPS) is 18.2. The molecule has 104 valence electrons. The van der Waals surface area contributed by atoms with Crippen molar-refractivity contribution >= 4 is 5.78 Å². The van der Waals surface area contributed by atoms with Crippen molar-refractivity contribution in [3.8, 4) is 0 Å². The van der Waals surface area contributed by atoms with Crippen molar-refractivity contribution in [2.75, 3.05) is 6.61 Å². The van der Waals surface area contributed by atoms with Gasteiger partial charge in [0.1, 0.15) is 6.10 Å². The zero-order valence-corrected chi connectivity index (χ0v) is 12.2. The Morgan fingerprint density at radius 2 is 1.89 bits per heavy atom. The fourth-order valence-electron chi connectivity index (χ4n) is 2.55. The highest BCUT2D eigenvalue weighted by atomic mass is 16.5. The Morgan fingerprint density at radius 3 is 2.39 bits per heavy atom. The van der Waals surface area contributed by atoms with Gasteiger partial charge >= 0.3 is 0 Å². The molecule has 0 radical (unpaired) electrons. The van der Waals surface area contributed by atoms with Crippen LogP contribution in [0.2, 0.25) is 0 Å². The molecule has 2 nitrogen and oxygen atoms in total. The molecule has 0 N–H and O–H groups in total. The van der Waals surface area contributed by atoms with E-state index in [1.807, 2.05) is 6.92 Å². The van der Waals surface area contributed by atoms with E-state index in [-0.39, 0.29) is 11.9 Å². The van der Waals surface area contributed by atoms with Crippen molar-refractivity contribution in [2.45, 2.75) is 65.4 Å². The van der Waals surface area contributed by atoms with Gasteiger partial charge in [-0.1, -0.05) is 32.3 Å². The summed E-state index contributed by atoms with van der Waals surface area (Å²) in [5.74, 6) is 1.32. The highest BCUT2D eigenvalue weighted by Gasteiger charge is 2.23. The van der Waals surface area contributed by atoms with Crippen molar-refractivity contribution in [3.05, 3.63) is 12.2 Å². The molecular formula is C16H28O2. The first-order valence-corrected chi connectivity index (χ1v) is 7.27. The first-order chi connectivity index (χ1) is 8.49. The Hall–Kier alpha value is -0.630. The van der Waals surface area contributed by atoms with E-state index in [0.29, 0.717) is 24.7 Å². The van der Waals surface area contributed by atoms with Crippen LogP contribution in [-0.2, 0) is 9.53 Å². The van der Waals surface area contributed by atoms with E-state index < -0.39 is 0 Å². The first-order valence-electron chi connectivity index (χ1n) is 7.27. The summed E-state index contributed by atoms with van der Waals surface area (Å²) < 4.78 is 5.89. The van der Waals surface area contributed by atoms with Gasteiger partial charge in [0.05, 0.1) is 6.61 Å². The summed E-state index contributed by atoms with van der Waals surface area (Å²) >= 11 is 0. The second-order valence-corrected chi connectivity index (χ2v) is 6.20. The topological polar surface area (TPSA) is 26.3 Å². The van der Waals surface area contributed by atoms with Crippen LogP contribution in [-0.4, -0.2) is 18.5 Å². The van der Waals surface area contributed by atoms with E-state index in [4.69, 9.17) is 4.74 Å². The third-order valence-electron chi connectivity index (χ3n) is 3.51. The van der Waals surface area contributed by atoms with Crippen LogP contribution in [0.25, 0.3) is 0 Å². The number of hydrogen-bond acceptors (Lipinski definition) is 2. The summed E-state index contributed by atoms with van der Waals surface area (Å²) in [7, 11) is 0. The monoisotopic (exact) mass is 252 g/mol. The van der Waals surface area contributed by atoms with Gasteiger partial charge in [0, 0.05) is 12.8 Å². The predicted octanol–water partition coefficient (Wildman–Crippen LogP) is 4.14. The molecule has 2 heteroatoms. The molecule has 1 saturated carbocycles. The lowest BCUT2D eigenvalue weighted by molar-refractivity contribution is -0.132. The molecular weight excluding hydrogens is 224 g/mol. The molecule has 1 aliphatic rings. The van der Waals surface area contributed by atoms with Crippen LogP contribution in [0.5, 0.6) is 0 Å². The van der Waals surface area contributed by atoms with Crippen LogP contribution in [0.4, 0.5) is 0 Å². The third-order valence-corrected chi connectivity index (χ3v) is 3.51. The number of rotatable bonds is 8. The second kappa shape index (κ2) is 7.73. The quantitative estimate of drug-likeness (QED) is 0.607. The summed E-state index contributed by atoms with van der Waals surface area (Å²) in [6.07, 6.45) is 6.20. The summed E-state index contributed by atoms with van der Waals surface area (Å²) in [4.78, 5) is 12.1. The minimum Gasteiger partial charge on any atom is -0.370 e. The molecule has 1 aliphatic carbocycles. The molecule has 1 rings (SSSR count). The Morgan fingerprint density at radius 1 is 1.28 bits per heavy atom. The van der Waals surface area contributed by atoms with Crippen molar-refractivity contribution in [1.82, 2.24) is 0 Å². The lowest BCUT2D eigenvalue weighted by Gasteiger charge is -2.20. The largest absolute Gasteiger partial charge is 0.370 e. The van der Waals surface area contributed by atoms with Gasteiger partial charge in [-0.3, -0.25) is 4.79 Å². The number of Topliss-reactive ketones (excluding diaryl/α,β-unsaturated/α-hetero) is 1. The third kappa shape index (κ3) is 5.81. The maximum Gasteiger partial charge on any atom is 0.162 e. The average molecular weight is 252 g/mol. The number of carbonyl (C=O) groups is 1. The van der Waals surface area contributed by atoms with Crippen molar-refractivity contribution < 1.29 is 9.53 Å². The molecule has 18 heavy (non-hydrogen) atoms. The van der Waals surface area contributed by atoms with Crippen LogP contribution in [0.15, 0.2) is 12.2 Å². The summed E-state index contributed by atoms with van der Waals surface area (Å²) in [5.41, 5.74) is 1.03. The van der Waals surface area contributed by atoms with Gasteiger partial charge < -0.3 is 4.74 Å². The summed E-state index contributed by atoms with van der Waals surface area (Å²) in [6, 6.07) is 0. The van der Waals surface area contributed by atoms with Crippen molar-refractivity contribution in [2.24, 2.45) is 11.8 Å². The van der Waals surface area contributed by atoms with Crippen molar-refractivity contribution in [3.63, 3.8) is 0 Å². The van der Waals surface area contributed by atoms with E-state index in [2.05, 4.69) is 20.4 Å². The van der Waals surface area contributed by atoms with Gasteiger partial charge in [0.15, 0.2) is 5.78 Å². The Kier molecular flexibility index (Phi) is 6.62. The van der Waals surface area contributed by atoms with E-state index >= 15 is 0 Å². The first kappa shape index (κ1) is 15.4. The molecule has 1 atom stereocenters. The van der Waals surface area contributed by atoms with E-state index in [9.17, 15) is 4.79 Å². The maximum atomic E-state index is 12.1. The fraction of sp³-hybridized carbons (Fsp3) is 0.812. The number of ketones is 1. The molecule has 0 aromatic rings. The zero-order valence-electron chi connectivity index (χ0n) is 12.2. The standard InChI is InChI=1S/C16H28O2/c1-12(2)9-15(17)16(10-13(3)4)18-11-14-7-5-6-8-14/h12,14,16H,3,5-11H2,1-2,4H3. The Labute approximate surface area is 112 Å². The highest BCUT2D eigenvalue weighted by Crippen LogP contribution is 2.26. The molecule has 0 aromatic heterocycles. The van der Waals surface area contributed by atoms with Crippen LogP contribution in [0, 0.1) is 11.8 Å². The smallest absolute Gasteiger partial charge is 0.162 e. The number of carbonyl (C=O) groups excluding carboxylic acids is 1. The number of ether oxygens (including phenoxy) is 1. The van der Waals surface area contributed by atoms with Crippen LogP contribution < -0.4 is 0 Å². The van der Waals surface area contributed by atoms with Crippen LogP contribution in [0.3, 0.4) is 0 Å². The Balaban J connectivity index is 2.43. The number of hydrogen-bond donors (Lipinski definition) is 0. The lowest BCUT2D eigenvalue weighted by atomic mass is 9.99.